The lowest BCUT2D eigenvalue weighted by atomic mass is 10.1. The summed E-state index contributed by atoms with van der Waals surface area (Å²) in [5.41, 5.74) is 1.99. The van der Waals surface area contributed by atoms with Gasteiger partial charge in [-0.25, -0.2) is 13.1 Å². The summed E-state index contributed by atoms with van der Waals surface area (Å²) in [5, 5.41) is 2.98. The number of nitrogens with one attached hydrogen (secondary N) is 2. The molecule has 2 N–H and O–H groups in total. The van der Waals surface area contributed by atoms with Gasteiger partial charge in [0.25, 0.3) is 0 Å². The fourth-order valence-electron chi connectivity index (χ4n) is 2.61. The largest absolute Gasteiger partial charge is 0.350 e. The lowest BCUT2D eigenvalue weighted by Gasteiger charge is -2.14. The molecule has 0 spiro atoms. The normalized spacial score (nSPS) is 12.8. The molecule has 2 aromatic carbocycles. The fourth-order valence-corrected chi connectivity index (χ4v) is 3.86. The van der Waals surface area contributed by atoms with Crippen LogP contribution in [0.3, 0.4) is 0 Å². The number of carbonyl (C=O) groups excluding carboxylic acids is 1. The first-order valence-corrected chi connectivity index (χ1v) is 10.2. The zero-order valence-electron chi connectivity index (χ0n) is 15.4. The van der Waals surface area contributed by atoms with E-state index in [1.807, 2.05) is 37.3 Å². The fraction of sp³-hybridized carbons (Fsp3) is 0.350. The van der Waals surface area contributed by atoms with Gasteiger partial charge in [-0.15, -0.1) is 0 Å². The highest BCUT2D eigenvalue weighted by molar-refractivity contribution is 7.89. The summed E-state index contributed by atoms with van der Waals surface area (Å²) in [6.07, 6.45) is 0.915. The molecule has 0 radical (unpaired) electrons. The van der Waals surface area contributed by atoms with Crippen molar-refractivity contribution in [3.63, 3.8) is 0 Å². The summed E-state index contributed by atoms with van der Waals surface area (Å²) in [7, 11) is -3.48. The Morgan fingerprint density at radius 1 is 0.962 bits per heavy atom. The molecule has 0 bridgehead atoms. The van der Waals surface area contributed by atoms with E-state index in [1.165, 1.54) is 0 Å². The quantitative estimate of drug-likeness (QED) is 0.745. The number of carbonyl (C=O) groups is 1. The number of hydrogen-bond donors (Lipinski definition) is 2. The molecule has 6 heteroatoms. The van der Waals surface area contributed by atoms with Crippen LogP contribution < -0.4 is 10.0 Å². The SMILES string of the molecule is CC(C)NS(=O)(=O)c1ccc(CCC(=O)N[C@H](C)c2ccccc2)cc1. The number of sulfonamides is 1. The minimum Gasteiger partial charge on any atom is -0.350 e. The van der Waals surface area contributed by atoms with Crippen LogP contribution in [0.5, 0.6) is 0 Å². The minimum atomic E-state index is -3.48. The zero-order valence-corrected chi connectivity index (χ0v) is 16.2. The van der Waals surface area contributed by atoms with E-state index in [2.05, 4.69) is 10.0 Å². The molecule has 0 aliphatic carbocycles. The van der Waals surface area contributed by atoms with Gasteiger partial charge in [-0.05, 0) is 50.5 Å². The van der Waals surface area contributed by atoms with Crippen molar-refractivity contribution < 1.29 is 13.2 Å². The van der Waals surface area contributed by atoms with Crippen molar-refractivity contribution in [1.29, 1.82) is 0 Å². The summed E-state index contributed by atoms with van der Waals surface area (Å²) in [6, 6.07) is 16.3. The number of hydrogen-bond acceptors (Lipinski definition) is 3. The molecule has 1 amide bonds. The van der Waals surface area contributed by atoms with Crippen LogP contribution in [0.15, 0.2) is 59.5 Å². The van der Waals surface area contributed by atoms with Crippen LogP contribution in [-0.2, 0) is 21.2 Å². The third kappa shape index (κ3) is 5.97. The van der Waals surface area contributed by atoms with E-state index in [-0.39, 0.29) is 22.9 Å². The van der Waals surface area contributed by atoms with Crippen LogP contribution in [-0.4, -0.2) is 20.4 Å². The topological polar surface area (TPSA) is 75.3 Å². The summed E-state index contributed by atoms with van der Waals surface area (Å²) in [5.74, 6) is -0.0282. The average molecular weight is 375 g/mol. The van der Waals surface area contributed by atoms with E-state index in [0.717, 1.165) is 11.1 Å². The van der Waals surface area contributed by atoms with Crippen molar-refractivity contribution in [2.45, 2.75) is 50.6 Å². The molecule has 1 atom stereocenters. The Balaban J connectivity index is 1.88. The minimum absolute atomic E-state index is 0.0282. The first-order valence-electron chi connectivity index (χ1n) is 8.73. The predicted octanol–water partition coefficient (Wildman–Crippen LogP) is 3.18. The maximum atomic E-state index is 12.1. The van der Waals surface area contributed by atoms with E-state index in [9.17, 15) is 13.2 Å². The van der Waals surface area contributed by atoms with E-state index >= 15 is 0 Å². The Hall–Kier alpha value is -2.18. The van der Waals surface area contributed by atoms with E-state index in [0.29, 0.717) is 12.8 Å². The standard InChI is InChI=1S/C20H26N2O3S/c1-15(2)22-26(24,25)19-12-9-17(10-13-19)11-14-20(23)21-16(3)18-7-5-4-6-8-18/h4-10,12-13,15-16,22H,11,14H2,1-3H3,(H,21,23)/t16-/m1/s1. The van der Waals surface area contributed by atoms with Gasteiger partial charge in [0.1, 0.15) is 0 Å². The molecule has 5 nitrogen and oxygen atoms in total. The molecule has 0 fully saturated rings. The van der Waals surface area contributed by atoms with Gasteiger partial charge in [0.15, 0.2) is 0 Å². The van der Waals surface area contributed by atoms with Crippen LogP contribution in [0.25, 0.3) is 0 Å². The van der Waals surface area contributed by atoms with Gasteiger partial charge in [0.05, 0.1) is 10.9 Å². The van der Waals surface area contributed by atoms with Crippen molar-refractivity contribution in [3.05, 3.63) is 65.7 Å². The van der Waals surface area contributed by atoms with Gasteiger partial charge in [-0.3, -0.25) is 4.79 Å². The highest BCUT2D eigenvalue weighted by Gasteiger charge is 2.15. The van der Waals surface area contributed by atoms with Crippen molar-refractivity contribution in [3.8, 4) is 0 Å². The maximum Gasteiger partial charge on any atom is 0.240 e. The Morgan fingerprint density at radius 2 is 1.58 bits per heavy atom. The molecular weight excluding hydrogens is 348 g/mol. The summed E-state index contributed by atoms with van der Waals surface area (Å²) in [4.78, 5) is 12.4. The lowest BCUT2D eigenvalue weighted by Crippen LogP contribution is -2.30. The molecule has 2 aromatic rings. The summed E-state index contributed by atoms with van der Waals surface area (Å²) < 4.78 is 26.8. The molecule has 26 heavy (non-hydrogen) atoms. The van der Waals surface area contributed by atoms with Crippen molar-refractivity contribution in [2.75, 3.05) is 0 Å². The Kier molecular flexibility index (Phi) is 6.94. The van der Waals surface area contributed by atoms with Gasteiger partial charge in [0.2, 0.25) is 15.9 Å². The van der Waals surface area contributed by atoms with Crippen LogP contribution in [0.4, 0.5) is 0 Å². The lowest BCUT2D eigenvalue weighted by molar-refractivity contribution is -0.121. The second-order valence-electron chi connectivity index (χ2n) is 6.62. The molecule has 2 rings (SSSR count). The van der Waals surface area contributed by atoms with Gasteiger partial charge in [-0.2, -0.15) is 0 Å². The van der Waals surface area contributed by atoms with Gasteiger partial charge in [-0.1, -0.05) is 42.5 Å². The Bertz CT molecular complexity index is 816. The van der Waals surface area contributed by atoms with E-state index < -0.39 is 10.0 Å². The molecular formula is C20H26N2O3S. The highest BCUT2D eigenvalue weighted by Crippen LogP contribution is 2.14. The predicted molar refractivity (Wildman–Crippen MR) is 103 cm³/mol. The van der Waals surface area contributed by atoms with Crippen molar-refractivity contribution in [2.24, 2.45) is 0 Å². The first-order chi connectivity index (χ1) is 12.3. The summed E-state index contributed by atoms with van der Waals surface area (Å²) >= 11 is 0. The van der Waals surface area contributed by atoms with Crippen molar-refractivity contribution in [1.82, 2.24) is 10.0 Å². The molecule has 0 saturated carbocycles. The highest BCUT2D eigenvalue weighted by atomic mass is 32.2. The number of benzene rings is 2. The summed E-state index contributed by atoms with van der Waals surface area (Å²) in [6.45, 7) is 5.51. The van der Waals surface area contributed by atoms with Gasteiger partial charge in [0, 0.05) is 12.5 Å². The molecule has 0 heterocycles. The van der Waals surface area contributed by atoms with Crippen molar-refractivity contribution >= 4 is 15.9 Å². The van der Waals surface area contributed by atoms with E-state index in [4.69, 9.17) is 0 Å². The third-order valence-electron chi connectivity index (χ3n) is 3.94. The third-order valence-corrected chi connectivity index (χ3v) is 5.62. The Morgan fingerprint density at radius 3 is 2.15 bits per heavy atom. The van der Waals surface area contributed by atoms with Gasteiger partial charge < -0.3 is 5.32 Å². The molecule has 0 aromatic heterocycles. The molecule has 0 aliphatic heterocycles. The monoisotopic (exact) mass is 374 g/mol. The smallest absolute Gasteiger partial charge is 0.240 e. The maximum absolute atomic E-state index is 12.1. The van der Waals surface area contributed by atoms with Crippen LogP contribution >= 0.6 is 0 Å². The number of aryl methyl sites for hydroxylation is 1. The van der Waals surface area contributed by atoms with Crippen LogP contribution in [0.2, 0.25) is 0 Å². The molecule has 0 saturated heterocycles. The van der Waals surface area contributed by atoms with Gasteiger partial charge >= 0.3 is 0 Å². The number of rotatable bonds is 8. The number of amides is 1. The average Bonchev–Trinajstić information content (AvgIpc) is 2.60. The molecule has 0 aliphatic rings. The van der Waals surface area contributed by atoms with Crippen LogP contribution in [0.1, 0.15) is 44.4 Å². The van der Waals surface area contributed by atoms with Crippen LogP contribution in [0, 0.1) is 0 Å². The Labute approximate surface area is 155 Å². The molecule has 140 valence electrons. The first kappa shape index (κ1) is 20.1. The zero-order chi connectivity index (χ0) is 19.2. The second kappa shape index (κ2) is 8.96. The second-order valence-corrected chi connectivity index (χ2v) is 8.33. The molecule has 0 unspecified atom stereocenters. The van der Waals surface area contributed by atoms with E-state index in [1.54, 1.807) is 38.1 Å².